The number of para-hydroxylation sites is 2. The Balaban J connectivity index is 1.53. The van der Waals surface area contributed by atoms with Crippen molar-refractivity contribution in [1.29, 1.82) is 0 Å². The zero-order valence-corrected chi connectivity index (χ0v) is 15.9. The van der Waals surface area contributed by atoms with Gasteiger partial charge in [-0.25, -0.2) is 4.98 Å². The molecule has 2 aromatic heterocycles. The number of hydrogen-bond donors (Lipinski definition) is 1. The number of H-pyrrole nitrogens is 1. The summed E-state index contributed by atoms with van der Waals surface area (Å²) in [5.74, 6) is 1.13. The fourth-order valence-electron chi connectivity index (χ4n) is 3.78. The maximum atomic E-state index is 4.87. The van der Waals surface area contributed by atoms with Crippen LogP contribution in [0.3, 0.4) is 0 Å². The van der Waals surface area contributed by atoms with Crippen LogP contribution in [0.2, 0.25) is 0 Å². The molecule has 4 nitrogen and oxygen atoms in total. The van der Waals surface area contributed by atoms with Crippen molar-refractivity contribution in [2.24, 2.45) is 0 Å². The standard InChI is InChI=1S/C20H26N4S/c1-23(2)12-15-11-16(25-14-15)13-24-10-6-5-9-19(24)20-21-17-7-3-4-8-18(17)22-20/h3-4,7-8,11,14,19H,5-6,9-10,12-13H2,1-2H3,(H,21,22)/t19-/m1/s1. The number of imidazole rings is 1. The number of hydrogen-bond acceptors (Lipinski definition) is 4. The first kappa shape index (κ1) is 16.8. The molecule has 1 aliphatic heterocycles. The molecule has 25 heavy (non-hydrogen) atoms. The van der Waals surface area contributed by atoms with E-state index in [9.17, 15) is 0 Å². The molecule has 0 radical (unpaired) electrons. The number of benzene rings is 1. The van der Waals surface area contributed by atoms with Crippen molar-refractivity contribution in [3.63, 3.8) is 0 Å². The highest BCUT2D eigenvalue weighted by molar-refractivity contribution is 7.10. The lowest BCUT2D eigenvalue weighted by Gasteiger charge is -2.34. The highest BCUT2D eigenvalue weighted by Gasteiger charge is 2.26. The summed E-state index contributed by atoms with van der Waals surface area (Å²) >= 11 is 1.89. The molecule has 1 aromatic carbocycles. The highest BCUT2D eigenvalue weighted by Crippen LogP contribution is 2.32. The van der Waals surface area contributed by atoms with E-state index in [0.717, 1.165) is 36.5 Å². The first-order chi connectivity index (χ1) is 12.2. The molecule has 1 atom stereocenters. The molecule has 3 heterocycles. The second-order valence-corrected chi connectivity index (χ2v) is 8.28. The molecule has 0 aliphatic carbocycles. The first-order valence-electron chi connectivity index (χ1n) is 9.09. The van der Waals surface area contributed by atoms with Crippen molar-refractivity contribution in [3.8, 4) is 0 Å². The molecule has 1 aliphatic rings. The summed E-state index contributed by atoms with van der Waals surface area (Å²) in [5, 5.41) is 2.30. The predicted octanol–water partition coefficient (Wildman–Crippen LogP) is 4.41. The van der Waals surface area contributed by atoms with Crippen LogP contribution in [0.4, 0.5) is 0 Å². The Bertz CT molecular complexity index is 802. The molecule has 5 heteroatoms. The molecule has 0 spiro atoms. The van der Waals surface area contributed by atoms with E-state index in [-0.39, 0.29) is 0 Å². The van der Waals surface area contributed by atoms with E-state index < -0.39 is 0 Å². The molecule has 1 saturated heterocycles. The van der Waals surface area contributed by atoms with Crippen LogP contribution >= 0.6 is 11.3 Å². The molecule has 3 aromatic rings. The predicted molar refractivity (Wildman–Crippen MR) is 105 cm³/mol. The van der Waals surface area contributed by atoms with Crippen LogP contribution in [-0.4, -0.2) is 40.4 Å². The lowest BCUT2D eigenvalue weighted by atomic mass is 10.0. The first-order valence-corrected chi connectivity index (χ1v) is 9.97. The summed E-state index contributed by atoms with van der Waals surface area (Å²) in [6.45, 7) is 3.20. The second kappa shape index (κ2) is 7.28. The van der Waals surface area contributed by atoms with Gasteiger partial charge in [-0.1, -0.05) is 18.6 Å². The Morgan fingerprint density at radius 3 is 3.00 bits per heavy atom. The molecule has 0 bridgehead atoms. The summed E-state index contributed by atoms with van der Waals surface area (Å²) in [6, 6.07) is 11.1. The van der Waals surface area contributed by atoms with Crippen LogP contribution < -0.4 is 0 Å². The zero-order chi connectivity index (χ0) is 17.2. The maximum Gasteiger partial charge on any atom is 0.124 e. The Labute approximate surface area is 153 Å². The molecule has 1 fully saturated rings. The van der Waals surface area contributed by atoms with Crippen LogP contribution in [0, 0.1) is 0 Å². The lowest BCUT2D eigenvalue weighted by Crippen LogP contribution is -2.33. The van der Waals surface area contributed by atoms with Gasteiger partial charge >= 0.3 is 0 Å². The van der Waals surface area contributed by atoms with Gasteiger partial charge in [-0.15, -0.1) is 11.3 Å². The van der Waals surface area contributed by atoms with Gasteiger partial charge < -0.3 is 9.88 Å². The molecule has 0 unspecified atom stereocenters. The Kier molecular flexibility index (Phi) is 4.88. The van der Waals surface area contributed by atoms with Gasteiger partial charge in [-0.05, 0) is 62.6 Å². The fourth-order valence-corrected chi connectivity index (χ4v) is 4.68. The van der Waals surface area contributed by atoms with Gasteiger partial charge in [-0.2, -0.15) is 0 Å². The van der Waals surface area contributed by atoms with E-state index in [0.29, 0.717) is 6.04 Å². The number of thiophene rings is 1. The maximum absolute atomic E-state index is 4.87. The van der Waals surface area contributed by atoms with E-state index in [4.69, 9.17) is 4.98 Å². The average Bonchev–Trinajstić information content (AvgIpc) is 3.21. The third-order valence-corrected chi connectivity index (χ3v) is 5.87. The zero-order valence-electron chi connectivity index (χ0n) is 15.0. The van der Waals surface area contributed by atoms with E-state index in [1.54, 1.807) is 0 Å². The van der Waals surface area contributed by atoms with Crippen LogP contribution in [-0.2, 0) is 13.1 Å². The molecule has 0 amide bonds. The minimum atomic E-state index is 0.403. The Hall–Kier alpha value is -1.69. The van der Waals surface area contributed by atoms with Crippen molar-refractivity contribution < 1.29 is 0 Å². The number of nitrogens with one attached hydrogen (secondary N) is 1. The van der Waals surface area contributed by atoms with Crippen molar-refractivity contribution in [1.82, 2.24) is 19.8 Å². The largest absolute Gasteiger partial charge is 0.341 e. The van der Waals surface area contributed by atoms with Crippen molar-refractivity contribution in [3.05, 3.63) is 52.0 Å². The fraction of sp³-hybridized carbons (Fsp3) is 0.450. The summed E-state index contributed by atoms with van der Waals surface area (Å²) in [4.78, 5) is 14.7. The highest BCUT2D eigenvalue weighted by atomic mass is 32.1. The van der Waals surface area contributed by atoms with Gasteiger partial charge in [0.1, 0.15) is 5.82 Å². The number of rotatable bonds is 5. The monoisotopic (exact) mass is 354 g/mol. The summed E-state index contributed by atoms with van der Waals surface area (Å²) in [6.07, 6.45) is 3.76. The number of nitrogens with zero attached hydrogens (tertiary/aromatic N) is 3. The second-order valence-electron chi connectivity index (χ2n) is 7.28. The topological polar surface area (TPSA) is 35.2 Å². The number of fused-ring (bicyclic) bond motifs is 1. The normalized spacial score (nSPS) is 19.1. The SMILES string of the molecule is CN(C)Cc1csc(CN2CCCC[C@@H]2c2nc3ccccc3[nH]2)c1. The van der Waals surface area contributed by atoms with Crippen LogP contribution in [0.1, 0.15) is 41.6 Å². The smallest absolute Gasteiger partial charge is 0.124 e. The number of aromatic amines is 1. The van der Waals surface area contributed by atoms with Crippen molar-refractivity contribution in [2.45, 2.75) is 38.4 Å². The van der Waals surface area contributed by atoms with Crippen LogP contribution in [0.15, 0.2) is 35.7 Å². The van der Waals surface area contributed by atoms with Gasteiger partial charge in [0.15, 0.2) is 0 Å². The third-order valence-electron chi connectivity index (χ3n) is 4.90. The molecular weight excluding hydrogens is 328 g/mol. The minimum Gasteiger partial charge on any atom is -0.341 e. The van der Waals surface area contributed by atoms with Crippen molar-refractivity contribution in [2.75, 3.05) is 20.6 Å². The van der Waals surface area contributed by atoms with Crippen molar-refractivity contribution >= 4 is 22.4 Å². The molecule has 132 valence electrons. The van der Waals surface area contributed by atoms with Gasteiger partial charge in [-0.3, -0.25) is 4.90 Å². The molecule has 0 saturated carbocycles. The number of likely N-dealkylation sites (tertiary alicyclic amines) is 1. The van der Waals surface area contributed by atoms with E-state index in [1.807, 2.05) is 11.3 Å². The van der Waals surface area contributed by atoms with Crippen LogP contribution in [0.25, 0.3) is 11.0 Å². The quantitative estimate of drug-likeness (QED) is 0.737. The molecular formula is C20H26N4S. The molecule has 4 rings (SSSR count). The van der Waals surface area contributed by atoms with Crippen LogP contribution in [0.5, 0.6) is 0 Å². The van der Waals surface area contributed by atoms with E-state index >= 15 is 0 Å². The minimum absolute atomic E-state index is 0.403. The number of piperidine rings is 1. The van der Waals surface area contributed by atoms with Gasteiger partial charge in [0, 0.05) is 18.0 Å². The average molecular weight is 355 g/mol. The molecule has 1 N–H and O–H groups in total. The Morgan fingerprint density at radius 2 is 2.16 bits per heavy atom. The van der Waals surface area contributed by atoms with E-state index in [2.05, 4.69) is 64.6 Å². The summed E-state index contributed by atoms with van der Waals surface area (Å²) < 4.78 is 0. The summed E-state index contributed by atoms with van der Waals surface area (Å²) in [5.41, 5.74) is 3.64. The lowest BCUT2D eigenvalue weighted by molar-refractivity contribution is 0.136. The van der Waals surface area contributed by atoms with Gasteiger partial charge in [0.25, 0.3) is 0 Å². The Morgan fingerprint density at radius 1 is 1.28 bits per heavy atom. The summed E-state index contributed by atoms with van der Waals surface area (Å²) in [7, 11) is 4.25. The van der Waals surface area contributed by atoms with E-state index in [1.165, 1.54) is 29.7 Å². The number of aromatic nitrogens is 2. The van der Waals surface area contributed by atoms with Gasteiger partial charge in [0.2, 0.25) is 0 Å². The third kappa shape index (κ3) is 3.78. The van der Waals surface area contributed by atoms with Gasteiger partial charge in [0.05, 0.1) is 17.1 Å².